The Kier molecular flexibility index (Phi) is 4.16. The van der Waals surface area contributed by atoms with Crippen molar-refractivity contribution in [3.05, 3.63) is 12.7 Å². The molecule has 1 unspecified atom stereocenters. The number of hydrogen-bond donors (Lipinski definition) is 1. The maximum Gasteiger partial charge on any atom is 0.410 e. The van der Waals surface area contributed by atoms with Gasteiger partial charge in [0, 0.05) is 19.5 Å². The molecule has 1 heterocycles. The van der Waals surface area contributed by atoms with E-state index in [0.29, 0.717) is 13.0 Å². The Morgan fingerprint density at radius 1 is 1.65 bits per heavy atom. The fourth-order valence-corrected chi connectivity index (χ4v) is 1.84. The monoisotopic (exact) mass is 237 g/mol. The molecule has 1 N–H and O–H groups in total. The van der Waals surface area contributed by atoms with E-state index in [2.05, 4.69) is 12.5 Å². The number of carboxylic acid groups (broad SMARTS) is 1. The van der Waals surface area contributed by atoms with Crippen LogP contribution in [0.3, 0.4) is 0 Å². The van der Waals surface area contributed by atoms with Crippen LogP contribution in [-0.2, 0) is 9.53 Å². The molecule has 1 fully saturated rings. The average Bonchev–Trinajstić information content (AvgIpc) is 2.72. The minimum Gasteiger partial charge on any atom is -0.481 e. The van der Waals surface area contributed by atoms with Gasteiger partial charge in [-0.3, -0.25) is 4.79 Å². The first-order valence-electron chi connectivity index (χ1n) is 5.25. The fourth-order valence-electron chi connectivity index (χ4n) is 1.84. The van der Waals surface area contributed by atoms with Gasteiger partial charge in [0.15, 0.2) is 0 Å². The van der Waals surface area contributed by atoms with E-state index in [1.165, 1.54) is 11.0 Å². The lowest BCUT2D eigenvalue weighted by molar-refractivity contribution is -0.147. The van der Waals surface area contributed by atoms with Crippen LogP contribution in [-0.4, -0.2) is 41.8 Å². The molecule has 0 radical (unpaired) electrons. The second kappa shape index (κ2) is 5.39. The highest BCUT2D eigenvalue weighted by Crippen LogP contribution is 2.34. The van der Waals surface area contributed by atoms with Crippen molar-refractivity contribution in [3.63, 3.8) is 0 Å². The topological polar surface area (TPSA) is 66.8 Å². The van der Waals surface area contributed by atoms with Crippen molar-refractivity contribution < 1.29 is 19.4 Å². The highest BCUT2D eigenvalue weighted by Gasteiger charge is 2.46. The maximum atomic E-state index is 11.5. The number of carboxylic acids is 1. The van der Waals surface area contributed by atoms with E-state index in [0.717, 1.165) is 0 Å². The molecule has 17 heavy (non-hydrogen) atoms. The number of ether oxygens (including phenoxy) is 1. The molecule has 1 amide bonds. The molecule has 0 aromatic heterocycles. The van der Waals surface area contributed by atoms with E-state index in [4.69, 9.17) is 11.2 Å². The number of amides is 1. The molecule has 1 saturated heterocycles. The van der Waals surface area contributed by atoms with E-state index in [9.17, 15) is 14.7 Å². The summed E-state index contributed by atoms with van der Waals surface area (Å²) in [4.78, 5) is 24.1. The van der Waals surface area contributed by atoms with Gasteiger partial charge in [-0.05, 0) is 6.42 Å². The van der Waals surface area contributed by atoms with Crippen LogP contribution in [0.4, 0.5) is 4.79 Å². The Balaban J connectivity index is 2.67. The summed E-state index contributed by atoms with van der Waals surface area (Å²) in [5, 5.41) is 9.18. The second-order valence-electron chi connectivity index (χ2n) is 4.00. The van der Waals surface area contributed by atoms with E-state index >= 15 is 0 Å². The summed E-state index contributed by atoms with van der Waals surface area (Å²) in [6.45, 7) is 4.00. The zero-order valence-corrected chi connectivity index (χ0v) is 9.52. The zero-order valence-electron chi connectivity index (χ0n) is 9.52. The molecule has 1 aliphatic heterocycles. The lowest BCUT2D eigenvalue weighted by Crippen LogP contribution is -2.37. The third-order valence-electron chi connectivity index (χ3n) is 2.83. The van der Waals surface area contributed by atoms with Gasteiger partial charge in [0.05, 0.1) is 5.41 Å². The van der Waals surface area contributed by atoms with E-state index < -0.39 is 17.5 Å². The Labute approximate surface area is 100 Å². The molecule has 0 bridgehead atoms. The van der Waals surface area contributed by atoms with Crippen molar-refractivity contribution in [2.75, 3.05) is 19.7 Å². The van der Waals surface area contributed by atoms with E-state index in [-0.39, 0.29) is 19.6 Å². The van der Waals surface area contributed by atoms with Gasteiger partial charge < -0.3 is 14.7 Å². The highest BCUT2D eigenvalue weighted by atomic mass is 16.6. The second-order valence-corrected chi connectivity index (χ2v) is 4.00. The average molecular weight is 237 g/mol. The van der Waals surface area contributed by atoms with Crippen molar-refractivity contribution >= 4 is 12.1 Å². The van der Waals surface area contributed by atoms with Crippen LogP contribution in [0.15, 0.2) is 12.7 Å². The molecule has 0 spiro atoms. The van der Waals surface area contributed by atoms with Crippen LogP contribution in [0, 0.1) is 17.8 Å². The molecule has 5 heteroatoms. The largest absolute Gasteiger partial charge is 0.481 e. The van der Waals surface area contributed by atoms with Gasteiger partial charge >= 0.3 is 12.1 Å². The van der Waals surface area contributed by atoms with E-state index in [1.54, 1.807) is 0 Å². The quantitative estimate of drug-likeness (QED) is 0.587. The molecule has 5 nitrogen and oxygen atoms in total. The summed E-state index contributed by atoms with van der Waals surface area (Å²) >= 11 is 0. The third kappa shape index (κ3) is 2.78. The summed E-state index contributed by atoms with van der Waals surface area (Å²) in [5.41, 5.74) is -1.03. The third-order valence-corrected chi connectivity index (χ3v) is 2.83. The minimum atomic E-state index is -1.03. The van der Waals surface area contributed by atoms with Gasteiger partial charge in [-0.25, -0.2) is 4.79 Å². The van der Waals surface area contributed by atoms with Crippen LogP contribution >= 0.6 is 0 Å². The molecule has 0 aromatic rings. The number of carbonyl (C=O) groups is 2. The maximum absolute atomic E-state index is 11.5. The van der Waals surface area contributed by atoms with Crippen LogP contribution in [0.5, 0.6) is 0 Å². The number of carbonyl (C=O) groups excluding carboxylic acids is 1. The molecular weight excluding hydrogens is 222 g/mol. The fraction of sp³-hybridized carbons (Fsp3) is 0.500. The molecule has 1 aliphatic rings. The smallest absolute Gasteiger partial charge is 0.410 e. The number of aliphatic carboxylic acids is 1. The van der Waals surface area contributed by atoms with Crippen molar-refractivity contribution in [3.8, 4) is 12.3 Å². The van der Waals surface area contributed by atoms with Gasteiger partial charge in [0.2, 0.25) is 0 Å². The molecule has 92 valence electrons. The first-order valence-corrected chi connectivity index (χ1v) is 5.25. The predicted molar refractivity (Wildman–Crippen MR) is 61.3 cm³/mol. The summed E-state index contributed by atoms with van der Waals surface area (Å²) in [6, 6.07) is 0. The Morgan fingerprint density at radius 3 is 2.88 bits per heavy atom. The van der Waals surface area contributed by atoms with Crippen molar-refractivity contribution in [1.82, 2.24) is 4.90 Å². The molecule has 0 aliphatic carbocycles. The summed E-state index contributed by atoms with van der Waals surface area (Å²) in [5.74, 6) is 1.40. The first-order chi connectivity index (χ1) is 8.05. The van der Waals surface area contributed by atoms with E-state index in [1.807, 2.05) is 0 Å². The Hall–Kier alpha value is -1.96. The first kappa shape index (κ1) is 13.1. The lowest BCUT2D eigenvalue weighted by atomic mass is 9.84. The van der Waals surface area contributed by atoms with Crippen LogP contribution in [0.2, 0.25) is 0 Å². The number of hydrogen-bond acceptors (Lipinski definition) is 3. The standard InChI is InChI=1S/C12H15NO4/c1-3-5-12(10(14)15)6-7-13(9-12)11(16)17-8-4-2/h1,4H,2,5-9H2,(H,14,15). The SMILES string of the molecule is C#CCC1(C(=O)O)CCN(C(=O)OCC=C)C1. The number of nitrogens with zero attached hydrogens (tertiary/aromatic N) is 1. The number of terminal acetylenes is 1. The van der Waals surface area contributed by atoms with Crippen molar-refractivity contribution in [2.45, 2.75) is 12.8 Å². The number of likely N-dealkylation sites (tertiary alicyclic amines) is 1. The summed E-state index contributed by atoms with van der Waals surface area (Å²) < 4.78 is 4.85. The Bertz CT molecular complexity index is 371. The molecular formula is C12H15NO4. The normalized spacial score (nSPS) is 22.9. The van der Waals surface area contributed by atoms with Gasteiger partial charge in [-0.2, -0.15) is 0 Å². The van der Waals surface area contributed by atoms with Gasteiger partial charge in [0.1, 0.15) is 6.61 Å². The molecule has 1 atom stereocenters. The van der Waals surface area contributed by atoms with Crippen molar-refractivity contribution in [2.24, 2.45) is 5.41 Å². The predicted octanol–water partition coefficient (Wildman–Crippen LogP) is 1.11. The molecule has 1 rings (SSSR count). The lowest BCUT2D eigenvalue weighted by Gasteiger charge is -2.22. The van der Waals surface area contributed by atoms with Gasteiger partial charge in [0.25, 0.3) is 0 Å². The van der Waals surface area contributed by atoms with Crippen LogP contribution in [0.25, 0.3) is 0 Å². The number of rotatable bonds is 4. The summed E-state index contributed by atoms with van der Waals surface area (Å²) in [7, 11) is 0. The summed E-state index contributed by atoms with van der Waals surface area (Å²) in [6.07, 6.45) is 6.58. The Morgan fingerprint density at radius 2 is 2.35 bits per heavy atom. The van der Waals surface area contributed by atoms with Crippen molar-refractivity contribution in [1.29, 1.82) is 0 Å². The molecule has 0 saturated carbocycles. The minimum absolute atomic E-state index is 0.0997. The van der Waals surface area contributed by atoms with Crippen LogP contribution in [0.1, 0.15) is 12.8 Å². The van der Waals surface area contributed by atoms with Crippen LogP contribution < -0.4 is 0 Å². The molecule has 0 aromatic carbocycles. The van der Waals surface area contributed by atoms with Gasteiger partial charge in [-0.1, -0.05) is 12.7 Å². The highest BCUT2D eigenvalue weighted by molar-refractivity contribution is 5.78. The zero-order chi connectivity index (χ0) is 12.9. The van der Waals surface area contributed by atoms with Gasteiger partial charge in [-0.15, -0.1) is 12.3 Å².